The lowest BCUT2D eigenvalue weighted by molar-refractivity contribution is -0.135. The Morgan fingerprint density at radius 2 is 2.04 bits per heavy atom. The summed E-state index contributed by atoms with van der Waals surface area (Å²) in [6.07, 6.45) is 7.38. The molecule has 1 fully saturated rings. The van der Waals surface area contributed by atoms with Crippen molar-refractivity contribution in [1.82, 2.24) is 14.6 Å². The van der Waals surface area contributed by atoms with Crippen molar-refractivity contribution < 1.29 is 13.2 Å². The molecule has 8 heteroatoms. The maximum Gasteiger partial charge on any atom is 0.250 e. The number of aromatic nitrogens is 1. The average molecular weight is 394 g/mol. The number of hydrogen-bond donors (Lipinski definition) is 1. The molecule has 0 aliphatic carbocycles. The van der Waals surface area contributed by atoms with E-state index in [1.807, 2.05) is 17.0 Å². The molecule has 1 aliphatic rings. The van der Waals surface area contributed by atoms with Gasteiger partial charge in [0.2, 0.25) is 5.91 Å². The van der Waals surface area contributed by atoms with Gasteiger partial charge in [-0.25, -0.2) is 8.42 Å². The van der Waals surface area contributed by atoms with Crippen LogP contribution in [0, 0.1) is 0 Å². The van der Waals surface area contributed by atoms with Gasteiger partial charge in [0.15, 0.2) is 0 Å². The fourth-order valence-corrected chi connectivity index (χ4v) is 5.52. The van der Waals surface area contributed by atoms with Crippen LogP contribution in [0.1, 0.15) is 44.2 Å². The van der Waals surface area contributed by atoms with Gasteiger partial charge in [-0.1, -0.05) is 18.9 Å². The predicted molar refractivity (Wildman–Crippen MR) is 101 cm³/mol. The van der Waals surface area contributed by atoms with Gasteiger partial charge in [-0.05, 0) is 48.9 Å². The Labute approximate surface area is 158 Å². The van der Waals surface area contributed by atoms with E-state index >= 15 is 0 Å². The minimum atomic E-state index is -3.68. The van der Waals surface area contributed by atoms with Crippen LogP contribution in [-0.2, 0) is 14.8 Å². The van der Waals surface area contributed by atoms with Gasteiger partial charge in [-0.15, -0.1) is 11.3 Å². The molecule has 2 atom stereocenters. The summed E-state index contributed by atoms with van der Waals surface area (Å²) in [6.45, 7) is 2.25. The number of rotatable bonds is 5. The molecule has 0 spiro atoms. The van der Waals surface area contributed by atoms with Gasteiger partial charge in [0.1, 0.15) is 4.21 Å². The van der Waals surface area contributed by atoms with Crippen LogP contribution in [0.4, 0.5) is 0 Å². The molecule has 1 N–H and O–H groups in total. The number of nitrogens with one attached hydrogen (secondary N) is 1. The number of likely N-dealkylation sites (tertiary alicyclic amines) is 1. The van der Waals surface area contributed by atoms with Crippen molar-refractivity contribution in [3.63, 3.8) is 0 Å². The number of carbonyl (C=O) groups is 1. The molecule has 0 saturated carbocycles. The van der Waals surface area contributed by atoms with Crippen LogP contribution < -0.4 is 4.72 Å². The van der Waals surface area contributed by atoms with Crippen molar-refractivity contribution in [3.8, 4) is 0 Å². The molecular weight excluding hydrogens is 370 g/mol. The Morgan fingerprint density at radius 3 is 2.73 bits per heavy atom. The number of carbonyl (C=O) groups excluding carboxylic acids is 1. The molecule has 0 aromatic carbocycles. The molecule has 1 amide bonds. The van der Waals surface area contributed by atoms with Gasteiger partial charge in [0.25, 0.3) is 10.0 Å². The zero-order valence-electron chi connectivity index (χ0n) is 14.7. The smallest absolute Gasteiger partial charge is 0.250 e. The monoisotopic (exact) mass is 393 g/mol. The summed E-state index contributed by atoms with van der Waals surface area (Å²) in [6, 6.07) is 6.22. The van der Waals surface area contributed by atoms with E-state index in [1.165, 1.54) is 6.07 Å². The summed E-state index contributed by atoms with van der Waals surface area (Å²) < 4.78 is 27.6. The number of pyridine rings is 1. The number of nitrogens with zero attached hydrogens (tertiary/aromatic N) is 2. The molecule has 3 rings (SSSR count). The maximum absolute atomic E-state index is 13.1. The molecular formula is C18H23N3O3S2. The second kappa shape index (κ2) is 8.28. The van der Waals surface area contributed by atoms with Gasteiger partial charge >= 0.3 is 0 Å². The van der Waals surface area contributed by atoms with Crippen molar-refractivity contribution in [1.29, 1.82) is 0 Å². The van der Waals surface area contributed by atoms with Gasteiger partial charge in [-0.2, -0.15) is 4.72 Å². The van der Waals surface area contributed by atoms with E-state index in [1.54, 1.807) is 30.8 Å². The first-order valence-corrected chi connectivity index (χ1v) is 11.1. The average Bonchev–Trinajstić information content (AvgIpc) is 3.08. The molecule has 0 radical (unpaired) electrons. The molecule has 140 valence electrons. The minimum absolute atomic E-state index is 0.0401. The topological polar surface area (TPSA) is 79.4 Å². The molecule has 3 heterocycles. The van der Waals surface area contributed by atoms with Crippen LogP contribution in [0.3, 0.4) is 0 Å². The van der Waals surface area contributed by atoms with Gasteiger partial charge < -0.3 is 4.90 Å². The lowest BCUT2D eigenvalue weighted by Crippen LogP contribution is -2.48. The summed E-state index contributed by atoms with van der Waals surface area (Å²) in [5, 5.41) is 1.70. The van der Waals surface area contributed by atoms with Crippen LogP contribution in [0.5, 0.6) is 0 Å². The molecule has 1 aliphatic heterocycles. The maximum atomic E-state index is 13.1. The predicted octanol–water partition coefficient (Wildman–Crippen LogP) is 2.95. The summed E-state index contributed by atoms with van der Waals surface area (Å²) in [5.74, 6) is -0.186. The van der Waals surface area contributed by atoms with Crippen molar-refractivity contribution >= 4 is 27.3 Å². The fourth-order valence-electron chi connectivity index (χ4n) is 3.31. The Kier molecular flexibility index (Phi) is 6.05. The van der Waals surface area contributed by atoms with E-state index in [9.17, 15) is 13.2 Å². The molecule has 1 saturated heterocycles. The first-order valence-electron chi connectivity index (χ1n) is 8.75. The van der Waals surface area contributed by atoms with Gasteiger partial charge in [0, 0.05) is 18.9 Å². The number of amides is 1. The molecule has 26 heavy (non-hydrogen) atoms. The first kappa shape index (κ1) is 19.0. The van der Waals surface area contributed by atoms with Crippen LogP contribution in [-0.4, -0.2) is 36.8 Å². The SMILES string of the molecule is CC(NS(=O)(=O)c1cccs1)C(=O)N1CCCCCC1c1ccncc1. The van der Waals surface area contributed by atoms with Crippen molar-refractivity contribution in [3.05, 3.63) is 47.6 Å². The third kappa shape index (κ3) is 4.31. The Morgan fingerprint density at radius 1 is 1.27 bits per heavy atom. The van der Waals surface area contributed by atoms with E-state index < -0.39 is 16.1 Å². The van der Waals surface area contributed by atoms with E-state index in [0.717, 1.165) is 42.6 Å². The number of sulfonamides is 1. The standard InChI is InChI=1S/C18H23N3O3S2/c1-14(20-26(23,24)17-7-5-13-25-17)18(22)21-12-4-2-3-6-16(21)15-8-10-19-11-9-15/h5,7-11,13-14,16,20H,2-4,6,12H2,1H3. The van der Waals surface area contributed by atoms with Crippen molar-refractivity contribution in [2.75, 3.05) is 6.54 Å². The van der Waals surface area contributed by atoms with Gasteiger partial charge in [-0.3, -0.25) is 9.78 Å². The lowest BCUT2D eigenvalue weighted by Gasteiger charge is -2.32. The molecule has 2 unspecified atom stereocenters. The zero-order chi connectivity index (χ0) is 18.6. The van der Waals surface area contributed by atoms with Crippen LogP contribution in [0.2, 0.25) is 0 Å². The third-order valence-corrected chi connectivity index (χ3v) is 7.53. The van der Waals surface area contributed by atoms with Crippen LogP contribution in [0.25, 0.3) is 0 Å². The van der Waals surface area contributed by atoms with Crippen molar-refractivity contribution in [2.24, 2.45) is 0 Å². The number of hydrogen-bond acceptors (Lipinski definition) is 5. The Hall–Kier alpha value is -1.77. The fraction of sp³-hybridized carbons (Fsp3) is 0.444. The second-order valence-corrected chi connectivity index (χ2v) is 9.34. The summed E-state index contributed by atoms with van der Waals surface area (Å²) in [5.41, 5.74) is 1.04. The first-order chi connectivity index (χ1) is 12.5. The molecule has 6 nitrogen and oxygen atoms in total. The lowest BCUT2D eigenvalue weighted by atomic mass is 10.0. The normalized spacial score (nSPS) is 19.7. The Bertz CT molecular complexity index is 823. The molecule has 2 aromatic heterocycles. The van der Waals surface area contributed by atoms with Crippen molar-refractivity contribution in [2.45, 2.75) is 48.9 Å². The summed E-state index contributed by atoms with van der Waals surface area (Å²) in [4.78, 5) is 18.9. The van der Waals surface area contributed by atoms with E-state index in [2.05, 4.69) is 9.71 Å². The van der Waals surface area contributed by atoms with Crippen LogP contribution >= 0.6 is 11.3 Å². The molecule has 0 bridgehead atoms. The highest BCUT2D eigenvalue weighted by molar-refractivity contribution is 7.91. The van der Waals surface area contributed by atoms with E-state index in [4.69, 9.17) is 0 Å². The third-order valence-electron chi connectivity index (χ3n) is 4.59. The van der Waals surface area contributed by atoms with Gasteiger partial charge in [0.05, 0.1) is 12.1 Å². The van der Waals surface area contributed by atoms with Crippen LogP contribution in [0.15, 0.2) is 46.2 Å². The zero-order valence-corrected chi connectivity index (χ0v) is 16.3. The quantitative estimate of drug-likeness (QED) is 0.847. The molecule has 2 aromatic rings. The summed E-state index contributed by atoms with van der Waals surface area (Å²) >= 11 is 1.14. The Balaban J connectivity index is 1.79. The van der Waals surface area contributed by atoms with E-state index in [0.29, 0.717) is 6.54 Å². The number of thiophene rings is 1. The highest BCUT2D eigenvalue weighted by Crippen LogP contribution is 2.30. The minimum Gasteiger partial charge on any atom is -0.334 e. The second-order valence-electron chi connectivity index (χ2n) is 6.45. The summed E-state index contributed by atoms with van der Waals surface area (Å²) in [7, 11) is -3.68. The van der Waals surface area contributed by atoms with E-state index in [-0.39, 0.29) is 16.2 Å². The largest absolute Gasteiger partial charge is 0.334 e. The highest BCUT2D eigenvalue weighted by atomic mass is 32.2. The highest BCUT2D eigenvalue weighted by Gasteiger charge is 2.32.